The molecule has 3 nitrogen and oxygen atoms in total. The molecular weight excluding hydrogens is 298 g/mol. The first kappa shape index (κ1) is 16.7. The van der Waals surface area contributed by atoms with E-state index in [-0.39, 0.29) is 0 Å². The summed E-state index contributed by atoms with van der Waals surface area (Å²) in [7, 11) is 1.69. The van der Waals surface area contributed by atoms with Crippen molar-refractivity contribution in [2.75, 3.05) is 13.7 Å². The van der Waals surface area contributed by atoms with Crippen molar-refractivity contribution in [2.45, 2.75) is 26.4 Å². The minimum absolute atomic E-state index is 0.657. The van der Waals surface area contributed by atoms with Crippen LogP contribution in [0.3, 0.4) is 0 Å². The van der Waals surface area contributed by atoms with Gasteiger partial charge in [0.25, 0.3) is 0 Å². The summed E-state index contributed by atoms with van der Waals surface area (Å²) >= 11 is 6.24. The van der Waals surface area contributed by atoms with Crippen LogP contribution >= 0.6 is 11.6 Å². The van der Waals surface area contributed by atoms with Crippen LogP contribution in [0.15, 0.2) is 42.5 Å². The molecule has 0 aliphatic carbocycles. The Morgan fingerprint density at radius 1 is 1.05 bits per heavy atom. The van der Waals surface area contributed by atoms with E-state index in [1.165, 1.54) is 0 Å². The molecule has 22 heavy (non-hydrogen) atoms. The van der Waals surface area contributed by atoms with Gasteiger partial charge in [-0.3, -0.25) is 0 Å². The first-order valence-electron chi connectivity index (χ1n) is 7.48. The molecule has 0 heterocycles. The number of nitrogens with one attached hydrogen (secondary N) is 1. The predicted molar refractivity (Wildman–Crippen MR) is 90.8 cm³/mol. The van der Waals surface area contributed by atoms with Crippen molar-refractivity contribution >= 4 is 11.6 Å². The summed E-state index contributed by atoms with van der Waals surface area (Å²) in [5.41, 5.74) is 2.27. The molecule has 0 spiro atoms. The number of benzene rings is 2. The van der Waals surface area contributed by atoms with E-state index in [4.69, 9.17) is 21.1 Å². The van der Waals surface area contributed by atoms with Crippen LogP contribution < -0.4 is 14.8 Å². The minimum Gasteiger partial charge on any atom is -0.496 e. The van der Waals surface area contributed by atoms with Gasteiger partial charge in [0.15, 0.2) is 0 Å². The largest absolute Gasteiger partial charge is 0.496 e. The Bertz CT molecular complexity index is 601. The monoisotopic (exact) mass is 319 g/mol. The van der Waals surface area contributed by atoms with Crippen LogP contribution in [0.25, 0.3) is 0 Å². The molecular formula is C18H22ClNO2. The quantitative estimate of drug-likeness (QED) is 0.781. The highest BCUT2D eigenvalue weighted by molar-refractivity contribution is 6.32. The average molecular weight is 320 g/mol. The second-order valence-electron chi connectivity index (χ2n) is 5.03. The molecule has 0 unspecified atom stereocenters. The molecule has 0 atom stereocenters. The Balaban J connectivity index is 1.90. The van der Waals surface area contributed by atoms with Crippen LogP contribution in [0.5, 0.6) is 11.5 Å². The molecule has 0 radical (unpaired) electrons. The number of hydrogen-bond acceptors (Lipinski definition) is 3. The molecule has 1 N–H and O–H groups in total. The topological polar surface area (TPSA) is 30.5 Å². The molecule has 0 aliphatic heterocycles. The van der Waals surface area contributed by atoms with Gasteiger partial charge in [0.05, 0.1) is 18.7 Å². The summed E-state index contributed by atoms with van der Waals surface area (Å²) in [5, 5.41) is 4.06. The molecule has 4 heteroatoms. The second-order valence-corrected chi connectivity index (χ2v) is 5.44. The highest BCUT2D eigenvalue weighted by atomic mass is 35.5. The Kier molecular flexibility index (Phi) is 6.56. The summed E-state index contributed by atoms with van der Waals surface area (Å²) in [6.45, 7) is 4.25. The van der Waals surface area contributed by atoms with Gasteiger partial charge in [-0.25, -0.2) is 0 Å². The zero-order valence-corrected chi connectivity index (χ0v) is 13.8. The van der Waals surface area contributed by atoms with E-state index in [2.05, 4.69) is 18.3 Å². The summed E-state index contributed by atoms with van der Waals surface area (Å²) in [6, 6.07) is 13.9. The lowest BCUT2D eigenvalue weighted by Gasteiger charge is -2.11. The molecule has 118 valence electrons. The van der Waals surface area contributed by atoms with Gasteiger partial charge < -0.3 is 14.8 Å². The SMILES string of the molecule is CCCOc1ccc(CNCc2ccccc2OC)cc1Cl. The number of para-hydroxylation sites is 1. The van der Waals surface area contributed by atoms with E-state index in [1.54, 1.807) is 7.11 Å². The number of halogens is 1. The second kappa shape index (κ2) is 8.66. The van der Waals surface area contributed by atoms with E-state index < -0.39 is 0 Å². The van der Waals surface area contributed by atoms with Gasteiger partial charge in [-0.1, -0.05) is 42.8 Å². The lowest BCUT2D eigenvalue weighted by Crippen LogP contribution is -2.13. The first-order valence-corrected chi connectivity index (χ1v) is 7.86. The van der Waals surface area contributed by atoms with Crippen molar-refractivity contribution in [3.8, 4) is 11.5 Å². The number of ether oxygens (including phenoxy) is 2. The minimum atomic E-state index is 0.657. The molecule has 0 fully saturated rings. The summed E-state index contributed by atoms with van der Waals surface area (Å²) in [5.74, 6) is 1.65. The fraction of sp³-hybridized carbons (Fsp3) is 0.333. The van der Waals surface area contributed by atoms with E-state index in [1.807, 2.05) is 36.4 Å². The normalized spacial score (nSPS) is 10.5. The van der Waals surface area contributed by atoms with Crippen LogP contribution in [0, 0.1) is 0 Å². The van der Waals surface area contributed by atoms with Gasteiger partial charge in [-0.05, 0) is 30.2 Å². The van der Waals surface area contributed by atoms with Crippen LogP contribution in [0.1, 0.15) is 24.5 Å². The van der Waals surface area contributed by atoms with Crippen LogP contribution in [-0.2, 0) is 13.1 Å². The van der Waals surface area contributed by atoms with Crippen molar-refractivity contribution in [3.05, 3.63) is 58.6 Å². The maximum atomic E-state index is 6.24. The van der Waals surface area contributed by atoms with Crippen molar-refractivity contribution in [2.24, 2.45) is 0 Å². The molecule has 0 saturated heterocycles. The lowest BCUT2D eigenvalue weighted by atomic mass is 10.2. The van der Waals surface area contributed by atoms with Crippen molar-refractivity contribution < 1.29 is 9.47 Å². The van der Waals surface area contributed by atoms with Gasteiger partial charge in [0, 0.05) is 18.7 Å². The van der Waals surface area contributed by atoms with Gasteiger partial charge >= 0.3 is 0 Å². The molecule has 2 rings (SSSR count). The Morgan fingerprint density at radius 2 is 1.86 bits per heavy atom. The van der Waals surface area contributed by atoms with E-state index in [0.717, 1.165) is 42.1 Å². The van der Waals surface area contributed by atoms with Crippen LogP contribution in [0.4, 0.5) is 0 Å². The average Bonchev–Trinajstić information content (AvgIpc) is 2.54. The van der Waals surface area contributed by atoms with Gasteiger partial charge in [0.2, 0.25) is 0 Å². The predicted octanol–water partition coefficient (Wildman–Crippen LogP) is 4.43. The summed E-state index contributed by atoms with van der Waals surface area (Å²) in [6.07, 6.45) is 0.971. The van der Waals surface area contributed by atoms with E-state index in [0.29, 0.717) is 11.6 Å². The Hall–Kier alpha value is -1.71. The molecule has 0 amide bonds. The summed E-state index contributed by atoms with van der Waals surface area (Å²) in [4.78, 5) is 0. The standard InChI is InChI=1S/C18H22ClNO2/c1-3-10-22-18-9-8-14(11-16(18)19)12-20-13-15-6-4-5-7-17(15)21-2/h4-9,11,20H,3,10,12-13H2,1-2H3. The smallest absolute Gasteiger partial charge is 0.137 e. The fourth-order valence-corrected chi connectivity index (χ4v) is 2.43. The third-order valence-electron chi connectivity index (χ3n) is 3.30. The maximum absolute atomic E-state index is 6.24. The lowest BCUT2D eigenvalue weighted by molar-refractivity contribution is 0.317. The van der Waals surface area contributed by atoms with E-state index >= 15 is 0 Å². The van der Waals surface area contributed by atoms with Crippen molar-refractivity contribution in [1.82, 2.24) is 5.32 Å². The van der Waals surface area contributed by atoms with Crippen LogP contribution in [0.2, 0.25) is 5.02 Å². The summed E-state index contributed by atoms with van der Waals surface area (Å²) < 4.78 is 10.9. The number of methoxy groups -OCH3 is 1. The highest BCUT2D eigenvalue weighted by Crippen LogP contribution is 2.25. The van der Waals surface area contributed by atoms with E-state index in [9.17, 15) is 0 Å². The molecule has 0 aromatic heterocycles. The molecule has 0 saturated carbocycles. The Morgan fingerprint density at radius 3 is 2.59 bits per heavy atom. The molecule has 0 aliphatic rings. The zero-order valence-electron chi connectivity index (χ0n) is 13.1. The third-order valence-corrected chi connectivity index (χ3v) is 3.59. The zero-order chi connectivity index (χ0) is 15.8. The van der Waals surface area contributed by atoms with Gasteiger partial charge in [-0.15, -0.1) is 0 Å². The Labute approximate surface area is 137 Å². The van der Waals surface area contributed by atoms with Gasteiger partial charge in [-0.2, -0.15) is 0 Å². The number of rotatable bonds is 8. The fourth-order valence-electron chi connectivity index (χ4n) is 2.17. The molecule has 2 aromatic rings. The third kappa shape index (κ3) is 4.65. The van der Waals surface area contributed by atoms with Crippen molar-refractivity contribution in [3.63, 3.8) is 0 Å². The number of hydrogen-bond donors (Lipinski definition) is 1. The van der Waals surface area contributed by atoms with Crippen LogP contribution in [-0.4, -0.2) is 13.7 Å². The molecule has 0 bridgehead atoms. The van der Waals surface area contributed by atoms with Gasteiger partial charge in [0.1, 0.15) is 11.5 Å². The first-order chi connectivity index (χ1) is 10.7. The van der Waals surface area contributed by atoms with Crippen molar-refractivity contribution in [1.29, 1.82) is 0 Å². The highest BCUT2D eigenvalue weighted by Gasteiger charge is 2.04. The molecule has 2 aromatic carbocycles. The maximum Gasteiger partial charge on any atom is 0.137 e.